The summed E-state index contributed by atoms with van der Waals surface area (Å²) in [4.78, 5) is 9.46. The van der Waals surface area contributed by atoms with Gasteiger partial charge in [-0.05, 0) is 31.9 Å². The van der Waals surface area contributed by atoms with Gasteiger partial charge in [0.1, 0.15) is 27.2 Å². The molecule has 2 aromatic heterocycles. The lowest BCUT2D eigenvalue weighted by atomic mass is 10.1. The zero-order valence-corrected chi connectivity index (χ0v) is 16.5. The van der Waals surface area contributed by atoms with Crippen molar-refractivity contribution >= 4 is 33.8 Å². The van der Waals surface area contributed by atoms with Crippen molar-refractivity contribution in [3.63, 3.8) is 0 Å². The number of ether oxygens (including phenoxy) is 2. The molecule has 0 amide bonds. The number of hydrogen-bond donors (Lipinski definition) is 0. The van der Waals surface area contributed by atoms with Crippen LogP contribution in [0.25, 0.3) is 21.6 Å². The molecule has 0 saturated carbocycles. The van der Waals surface area contributed by atoms with E-state index in [4.69, 9.17) is 31.0 Å². The number of fused-ring (bicyclic) bond motifs is 1. The Hall–Kier alpha value is -1.85. The van der Waals surface area contributed by atoms with Gasteiger partial charge in [0.25, 0.3) is 0 Å². The molecule has 0 unspecified atom stereocenters. The van der Waals surface area contributed by atoms with Crippen molar-refractivity contribution < 1.29 is 9.47 Å². The van der Waals surface area contributed by atoms with E-state index in [0.29, 0.717) is 22.2 Å². The first-order valence-corrected chi connectivity index (χ1v) is 9.46. The fourth-order valence-corrected chi connectivity index (χ4v) is 3.72. The van der Waals surface area contributed by atoms with Gasteiger partial charge in [0.2, 0.25) is 0 Å². The average Bonchev–Trinajstić information content (AvgIpc) is 3.05. The number of thiazole rings is 1. The van der Waals surface area contributed by atoms with E-state index in [-0.39, 0.29) is 6.10 Å². The van der Waals surface area contributed by atoms with Crippen LogP contribution in [-0.4, -0.2) is 23.2 Å². The molecular formula is C19H21ClN2O2S. The standard InChI is InChI=1S/C19H21ClN2O2S/c1-10(2)14-9-25-19(22-14)13-8-16(24-11(3)4)12-6-7-15(23-5)17(20)18(12)21-13/h6-11H,1-5H3. The number of hydrogen-bond acceptors (Lipinski definition) is 5. The van der Waals surface area contributed by atoms with Crippen LogP contribution in [0.3, 0.4) is 0 Å². The van der Waals surface area contributed by atoms with Gasteiger partial charge in [-0.25, -0.2) is 9.97 Å². The summed E-state index contributed by atoms with van der Waals surface area (Å²) in [5, 5.41) is 4.28. The molecule has 3 aromatic rings. The topological polar surface area (TPSA) is 44.2 Å². The molecule has 1 aromatic carbocycles. The van der Waals surface area contributed by atoms with Gasteiger partial charge < -0.3 is 9.47 Å². The second-order valence-electron chi connectivity index (χ2n) is 6.38. The third kappa shape index (κ3) is 3.58. The summed E-state index contributed by atoms with van der Waals surface area (Å²) >= 11 is 8.08. The first-order valence-electron chi connectivity index (χ1n) is 8.20. The van der Waals surface area contributed by atoms with E-state index in [2.05, 4.69) is 19.2 Å². The molecule has 0 N–H and O–H groups in total. The monoisotopic (exact) mass is 376 g/mol. The van der Waals surface area contributed by atoms with Crippen molar-refractivity contribution in [1.82, 2.24) is 9.97 Å². The summed E-state index contributed by atoms with van der Waals surface area (Å²) in [5.74, 6) is 1.72. The van der Waals surface area contributed by atoms with Gasteiger partial charge in [0, 0.05) is 16.8 Å². The molecule has 3 rings (SSSR count). The Morgan fingerprint density at radius 3 is 2.44 bits per heavy atom. The molecule has 25 heavy (non-hydrogen) atoms. The van der Waals surface area contributed by atoms with Gasteiger partial charge in [-0.1, -0.05) is 25.4 Å². The fourth-order valence-electron chi connectivity index (χ4n) is 2.50. The lowest BCUT2D eigenvalue weighted by Gasteiger charge is -2.15. The fraction of sp³-hybridized carbons (Fsp3) is 0.368. The molecule has 0 aliphatic carbocycles. The summed E-state index contributed by atoms with van der Waals surface area (Å²) in [6, 6.07) is 5.70. The number of halogens is 1. The highest BCUT2D eigenvalue weighted by Gasteiger charge is 2.17. The molecule has 2 heterocycles. The van der Waals surface area contributed by atoms with Crippen molar-refractivity contribution in [1.29, 1.82) is 0 Å². The molecule has 0 atom stereocenters. The number of aromatic nitrogens is 2. The van der Waals surface area contributed by atoms with Crippen LogP contribution in [0.4, 0.5) is 0 Å². The minimum Gasteiger partial charge on any atom is -0.495 e. The number of benzene rings is 1. The maximum Gasteiger partial charge on any atom is 0.142 e. The smallest absolute Gasteiger partial charge is 0.142 e. The van der Waals surface area contributed by atoms with Gasteiger partial charge in [-0.2, -0.15) is 0 Å². The first kappa shape index (κ1) is 18.0. The van der Waals surface area contributed by atoms with Crippen LogP contribution in [0.2, 0.25) is 5.02 Å². The van der Waals surface area contributed by atoms with Gasteiger partial charge in [-0.3, -0.25) is 0 Å². The van der Waals surface area contributed by atoms with E-state index < -0.39 is 0 Å². The molecule has 0 radical (unpaired) electrons. The van der Waals surface area contributed by atoms with Gasteiger partial charge in [0.05, 0.1) is 24.4 Å². The van der Waals surface area contributed by atoms with Crippen molar-refractivity contribution in [2.75, 3.05) is 7.11 Å². The van der Waals surface area contributed by atoms with Crippen LogP contribution >= 0.6 is 22.9 Å². The SMILES string of the molecule is COc1ccc2c(OC(C)C)cc(-c3nc(C(C)C)cs3)nc2c1Cl. The minimum atomic E-state index is 0.0434. The number of pyridine rings is 1. The first-order chi connectivity index (χ1) is 11.9. The maximum absolute atomic E-state index is 6.51. The number of rotatable bonds is 5. The summed E-state index contributed by atoms with van der Waals surface area (Å²) in [5.41, 5.74) is 2.48. The third-order valence-electron chi connectivity index (χ3n) is 3.76. The van der Waals surface area contributed by atoms with Crippen LogP contribution in [0.5, 0.6) is 11.5 Å². The molecule has 4 nitrogen and oxygen atoms in total. The van der Waals surface area contributed by atoms with Gasteiger partial charge >= 0.3 is 0 Å². The van der Waals surface area contributed by atoms with E-state index in [1.807, 2.05) is 32.0 Å². The van der Waals surface area contributed by atoms with E-state index in [1.165, 1.54) is 0 Å². The highest BCUT2D eigenvalue weighted by atomic mass is 35.5. The predicted octanol–water partition coefficient (Wildman–Crippen LogP) is 5.93. The lowest BCUT2D eigenvalue weighted by molar-refractivity contribution is 0.245. The Labute approximate surface area is 156 Å². The molecular weight excluding hydrogens is 356 g/mol. The molecule has 132 valence electrons. The van der Waals surface area contributed by atoms with Crippen molar-refractivity contribution in [2.45, 2.75) is 39.7 Å². The van der Waals surface area contributed by atoms with Crippen molar-refractivity contribution in [2.24, 2.45) is 0 Å². The van der Waals surface area contributed by atoms with E-state index in [1.54, 1.807) is 18.4 Å². The molecule has 0 aliphatic heterocycles. The highest BCUT2D eigenvalue weighted by Crippen LogP contribution is 2.39. The average molecular weight is 377 g/mol. The van der Waals surface area contributed by atoms with E-state index >= 15 is 0 Å². The number of nitrogens with zero attached hydrogens (tertiary/aromatic N) is 2. The van der Waals surface area contributed by atoms with Crippen LogP contribution < -0.4 is 9.47 Å². The zero-order chi connectivity index (χ0) is 18.1. The Balaban J connectivity index is 2.22. The molecule has 0 saturated heterocycles. The predicted molar refractivity (Wildman–Crippen MR) is 104 cm³/mol. The summed E-state index contributed by atoms with van der Waals surface area (Å²) in [6.07, 6.45) is 0.0434. The Morgan fingerprint density at radius 2 is 1.84 bits per heavy atom. The minimum absolute atomic E-state index is 0.0434. The largest absolute Gasteiger partial charge is 0.495 e. The second-order valence-corrected chi connectivity index (χ2v) is 7.62. The van der Waals surface area contributed by atoms with E-state index in [0.717, 1.165) is 27.5 Å². The van der Waals surface area contributed by atoms with Crippen LogP contribution in [0.15, 0.2) is 23.6 Å². The summed E-state index contributed by atoms with van der Waals surface area (Å²) < 4.78 is 11.3. The van der Waals surface area contributed by atoms with Gasteiger partial charge in [-0.15, -0.1) is 11.3 Å². The summed E-state index contributed by atoms with van der Waals surface area (Å²) in [6.45, 7) is 8.25. The Morgan fingerprint density at radius 1 is 1.08 bits per heavy atom. The molecule has 6 heteroatoms. The van der Waals surface area contributed by atoms with Crippen LogP contribution in [-0.2, 0) is 0 Å². The van der Waals surface area contributed by atoms with Crippen LogP contribution in [0.1, 0.15) is 39.3 Å². The third-order valence-corrected chi connectivity index (χ3v) is 5.01. The Bertz CT molecular complexity index is 906. The van der Waals surface area contributed by atoms with Crippen molar-refractivity contribution in [3.8, 4) is 22.2 Å². The van der Waals surface area contributed by atoms with Crippen LogP contribution in [0, 0.1) is 0 Å². The maximum atomic E-state index is 6.51. The summed E-state index contributed by atoms with van der Waals surface area (Å²) in [7, 11) is 1.60. The lowest BCUT2D eigenvalue weighted by Crippen LogP contribution is -2.06. The molecule has 0 bridgehead atoms. The second kappa shape index (κ2) is 7.18. The molecule has 0 fully saturated rings. The van der Waals surface area contributed by atoms with Gasteiger partial charge in [0.15, 0.2) is 0 Å². The van der Waals surface area contributed by atoms with E-state index in [9.17, 15) is 0 Å². The highest BCUT2D eigenvalue weighted by molar-refractivity contribution is 7.13. The molecule has 0 aliphatic rings. The quantitative estimate of drug-likeness (QED) is 0.553. The zero-order valence-electron chi connectivity index (χ0n) is 15.0. The molecule has 0 spiro atoms. The normalized spacial score (nSPS) is 11.5. The Kier molecular flexibility index (Phi) is 5.16. The van der Waals surface area contributed by atoms with Crippen molar-refractivity contribution in [3.05, 3.63) is 34.3 Å². The number of methoxy groups -OCH3 is 1.